The number of pyridine rings is 1. The zero-order valence-corrected chi connectivity index (χ0v) is 12.8. The summed E-state index contributed by atoms with van der Waals surface area (Å²) in [5, 5.41) is 2.55. The molecule has 0 aliphatic heterocycles. The molecule has 2 atom stereocenters. The van der Waals surface area contributed by atoms with Gasteiger partial charge in [-0.05, 0) is 45.7 Å². The Morgan fingerprint density at radius 1 is 0.542 bits per heavy atom. The van der Waals surface area contributed by atoms with Crippen LogP contribution in [0.2, 0.25) is 0 Å². The molecule has 0 fully saturated rings. The summed E-state index contributed by atoms with van der Waals surface area (Å²) in [6.07, 6.45) is 5.48. The molecule has 0 N–H and O–H groups in total. The average Bonchev–Trinajstić information content (AvgIpc) is 2.66. The highest BCUT2D eigenvalue weighted by Gasteiger charge is 2.44. The summed E-state index contributed by atoms with van der Waals surface area (Å²) in [4.78, 5) is 14.1. The third kappa shape index (κ3) is 1.40. The standard InChI is InChI=1S/C21H13N3/c1-2-5-13-11-16-15(10-12(13)4-1)17-14-6-3-7-22-19(14)18(16)21-20(17)23-8-9-24-21/h1-11,17-18H. The van der Waals surface area contributed by atoms with Gasteiger partial charge in [-0.3, -0.25) is 15.0 Å². The monoisotopic (exact) mass is 307 g/mol. The van der Waals surface area contributed by atoms with Crippen molar-refractivity contribution in [1.29, 1.82) is 0 Å². The molecule has 0 saturated heterocycles. The Morgan fingerprint density at radius 2 is 1.17 bits per heavy atom. The highest BCUT2D eigenvalue weighted by atomic mass is 14.9. The molecular formula is C21H13N3. The molecule has 0 radical (unpaired) electrons. The fraction of sp³-hybridized carbons (Fsp3) is 0.0952. The van der Waals surface area contributed by atoms with Crippen molar-refractivity contribution < 1.29 is 0 Å². The number of aromatic nitrogens is 3. The Morgan fingerprint density at radius 3 is 1.92 bits per heavy atom. The Hall–Kier alpha value is -3.07. The minimum absolute atomic E-state index is 0.0921. The number of nitrogens with zero attached hydrogens (tertiary/aromatic N) is 3. The van der Waals surface area contributed by atoms with Crippen molar-refractivity contribution in [2.75, 3.05) is 0 Å². The summed E-state index contributed by atoms with van der Waals surface area (Å²) in [5.41, 5.74) is 7.25. The molecule has 0 spiro atoms. The maximum absolute atomic E-state index is 4.71. The van der Waals surface area contributed by atoms with Crippen molar-refractivity contribution in [1.82, 2.24) is 15.0 Å². The van der Waals surface area contributed by atoms with Gasteiger partial charge in [-0.2, -0.15) is 0 Å². The van der Waals surface area contributed by atoms with Crippen LogP contribution < -0.4 is 0 Å². The van der Waals surface area contributed by atoms with E-state index in [1.165, 1.54) is 27.5 Å². The molecule has 2 aromatic carbocycles. The maximum atomic E-state index is 4.71. The third-order valence-corrected chi connectivity index (χ3v) is 5.33. The molecule has 2 aromatic heterocycles. The predicted molar refractivity (Wildman–Crippen MR) is 92.1 cm³/mol. The number of rotatable bonds is 0. The Kier molecular flexibility index (Phi) is 2.20. The van der Waals surface area contributed by atoms with E-state index >= 15 is 0 Å². The van der Waals surface area contributed by atoms with E-state index in [2.05, 4.69) is 52.4 Å². The largest absolute Gasteiger partial charge is 0.260 e. The second kappa shape index (κ2) is 4.26. The molecule has 2 unspecified atom stereocenters. The van der Waals surface area contributed by atoms with Crippen molar-refractivity contribution in [3.8, 4) is 0 Å². The second-order valence-corrected chi connectivity index (χ2v) is 6.50. The van der Waals surface area contributed by atoms with E-state index in [1.54, 1.807) is 12.4 Å². The summed E-state index contributed by atoms with van der Waals surface area (Å²) in [6.45, 7) is 0. The highest BCUT2D eigenvalue weighted by molar-refractivity contribution is 5.86. The molecular weight excluding hydrogens is 294 g/mol. The minimum Gasteiger partial charge on any atom is -0.260 e. The Bertz CT molecular complexity index is 997. The third-order valence-electron chi connectivity index (χ3n) is 5.33. The molecule has 3 nitrogen and oxygen atoms in total. The van der Waals surface area contributed by atoms with Crippen LogP contribution in [0.1, 0.15) is 45.6 Å². The first-order chi connectivity index (χ1) is 11.9. The first-order valence-corrected chi connectivity index (χ1v) is 8.20. The fourth-order valence-electron chi connectivity index (χ4n) is 4.38. The van der Waals surface area contributed by atoms with Crippen LogP contribution in [-0.2, 0) is 0 Å². The van der Waals surface area contributed by atoms with Gasteiger partial charge in [0, 0.05) is 18.6 Å². The summed E-state index contributed by atoms with van der Waals surface area (Å²) in [7, 11) is 0. The smallest absolute Gasteiger partial charge is 0.0763 e. The lowest BCUT2D eigenvalue weighted by Gasteiger charge is -2.39. The van der Waals surface area contributed by atoms with Gasteiger partial charge in [0.2, 0.25) is 0 Å². The zero-order valence-electron chi connectivity index (χ0n) is 12.8. The lowest BCUT2D eigenvalue weighted by molar-refractivity contribution is 0.681. The topological polar surface area (TPSA) is 38.7 Å². The number of fused-ring (bicyclic) bond motifs is 1. The van der Waals surface area contributed by atoms with Crippen LogP contribution in [0.25, 0.3) is 10.8 Å². The summed E-state index contributed by atoms with van der Waals surface area (Å²) < 4.78 is 0. The van der Waals surface area contributed by atoms with E-state index in [9.17, 15) is 0 Å². The van der Waals surface area contributed by atoms with E-state index in [0.717, 1.165) is 17.1 Å². The first-order valence-electron chi connectivity index (χ1n) is 8.20. The van der Waals surface area contributed by atoms with Gasteiger partial charge >= 0.3 is 0 Å². The zero-order chi connectivity index (χ0) is 15.7. The SMILES string of the molecule is c1cnc2c(c1)C1c3cc4ccccc4cc3C2c2nccnc21. The van der Waals surface area contributed by atoms with E-state index in [4.69, 9.17) is 4.98 Å². The summed E-state index contributed by atoms with van der Waals surface area (Å²) in [5.74, 6) is 0.233. The molecule has 4 aromatic rings. The van der Waals surface area contributed by atoms with Crippen LogP contribution in [-0.4, -0.2) is 15.0 Å². The molecule has 3 aliphatic rings. The van der Waals surface area contributed by atoms with E-state index in [-0.39, 0.29) is 11.8 Å². The average molecular weight is 307 g/mol. The molecule has 3 aliphatic carbocycles. The van der Waals surface area contributed by atoms with Crippen LogP contribution in [0.5, 0.6) is 0 Å². The molecule has 7 rings (SSSR count). The van der Waals surface area contributed by atoms with Crippen molar-refractivity contribution in [3.63, 3.8) is 0 Å². The lowest BCUT2D eigenvalue weighted by Crippen LogP contribution is -2.30. The summed E-state index contributed by atoms with van der Waals surface area (Å²) >= 11 is 0. The normalized spacial score (nSPS) is 19.7. The van der Waals surface area contributed by atoms with Gasteiger partial charge in [0.05, 0.1) is 28.9 Å². The van der Waals surface area contributed by atoms with Gasteiger partial charge in [-0.15, -0.1) is 0 Å². The van der Waals surface area contributed by atoms with Crippen LogP contribution in [0.4, 0.5) is 0 Å². The molecule has 2 bridgehead atoms. The molecule has 0 saturated carbocycles. The number of benzene rings is 2. The van der Waals surface area contributed by atoms with Gasteiger partial charge in [0.1, 0.15) is 0 Å². The van der Waals surface area contributed by atoms with Crippen LogP contribution in [0.15, 0.2) is 67.1 Å². The van der Waals surface area contributed by atoms with E-state index in [1.807, 2.05) is 12.3 Å². The first kappa shape index (κ1) is 12.4. The molecule has 2 heterocycles. The van der Waals surface area contributed by atoms with Gasteiger partial charge in [-0.1, -0.05) is 30.3 Å². The maximum Gasteiger partial charge on any atom is 0.0763 e. The van der Waals surface area contributed by atoms with Gasteiger partial charge in [0.25, 0.3) is 0 Å². The minimum atomic E-state index is 0.0921. The fourth-order valence-corrected chi connectivity index (χ4v) is 4.38. The van der Waals surface area contributed by atoms with Gasteiger partial charge in [-0.25, -0.2) is 0 Å². The van der Waals surface area contributed by atoms with Crippen LogP contribution >= 0.6 is 0 Å². The van der Waals surface area contributed by atoms with Crippen molar-refractivity contribution in [2.24, 2.45) is 0 Å². The quantitative estimate of drug-likeness (QED) is 0.425. The van der Waals surface area contributed by atoms with E-state index < -0.39 is 0 Å². The molecule has 0 amide bonds. The van der Waals surface area contributed by atoms with Crippen LogP contribution in [0.3, 0.4) is 0 Å². The van der Waals surface area contributed by atoms with E-state index in [0.29, 0.717) is 0 Å². The Labute approximate surface area is 139 Å². The van der Waals surface area contributed by atoms with Gasteiger partial charge in [0.15, 0.2) is 0 Å². The molecule has 3 heteroatoms. The number of hydrogen-bond acceptors (Lipinski definition) is 3. The van der Waals surface area contributed by atoms with Crippen molar-refractivity contribution in [2.45, 2.75) is 11.8 Å². The Balaban J connectivity index is 1.76. The number of hydrogen-bond donors (Lipinski definition) is 0. The lowest BCUT2D eigenvalue weighted by atomic mass is 9.65. The van der Waals surface area contributed by atoms with Crippen LogP contribution in [0, 0.1) is 0 Å². The van der Waals surface area contributed by atoms with Crippen molar-refractivity contribution >= 4 is 10.8 Å². The van der Waals surface area contributed by atoms with Gasteiger partial charge < -0.3 is 0 Å². The molecule has 112 valence electrons. The van der Waals surface area contributed by atoms with Crippen molar-refractivity contribution in [3.05, 3.63) is 101 Å². The molecule has 24 heavy (non-hydrogen) atoms. The predicted octanol–water partition coefficient (Wildman–Crippen LogP) is 4.01. The second-order valence-electron chi connectivity index (χ2n) is 6.50. The summed E-state index contributed by atoms with van der Waals surface area (Å²) in [6, 6.07) is 17.4. The highest BCUT2D eigenvalue weighted by Crippen LogP contribution is 2.54.